The molecule has 21 heteroatoms. The molecule has 14 nitrogen and oxygen atoms in total. The zero-order chi connectivity index (χ0) is 24.2. The number of hydrogen-bond donors (Lipinski definition) is 2. The molecule has 3 aromatic rings. The van der Waals surface area contributed by atoms with Crippen molar-refractivity contribution in [3.63, 3.8) is 0 Å². The van der Waals surface area contributed by atoms with Crippen LogP contribution in [0, 0.1) is 44.1 Å². The van der Waals surface area contributed by atoms with Gasteiger partial charge in [0.15, 0.2) is 0 Å². The van der Waals surface area contributed by atoms with Crippen LogP contribution >= 0.6 is 24.1 Å². The Bertz CT molecular complexity index is 1340. The molecule has 3 rings (SSSR count). The van der Waals surface area contributed by atoms with Gasteiger partial charge in [0.05, 0.1) is 39.6 Å². The van der Waals surface area contributed by atoms with Crippen molar-refractivity contribution in [2.24, 2.45) is 10.2 Å². The molecule has 0 saturated heterocycles. The van der Waals surface area contributed by atoms with Gasteiger partial charge in [0, 0.05) is 54.3 Å². The van der Waals surface area contributed by atoms with Crippen molar-refractivity contribution in [1.29, 1.82) is 0 Å². The maximum absolute atomic E-state index is 11.9. The second kappa shape index (κ2) is 19.0. The van der Waals surface area contributed by atoms with Crippen molar-refractivity contribution in [3.8, 4) is 5.75 Å². The number of nitrogens with one attached hydrogen (secondary N) is 1. The number of rotatable bonds is 9. The van der Waals surface area contributed by atoms with Gasteiger partial charge in [-0.1, -0.05) is 6.07 Å². The van der Waals surface area contributed by atoms with E-state index in [1.165, 1.54) is 24.3 Å². The van der Waals surface area contributed by atoms with Gasteiger partial charge in [0.1, 0.15) is 27.2 Å². The largest absolute Gasteiger partial charge is 1.00 e. The van der Waals surface area contributed by atoms with Gasteiger partial charge in [-0.25, -0.2) is 8.42 Å². The number of fused-ring (bicyclic) bond motifs is 1. The summed E-state index contributed by atoms with van der Waals surface area (Å²) in [5.74, 6) is -0.446. The van der Waals surface area contributed by atoms with Gasteiger partial charge in [-0.2, -0.15) is 8.67 Å². The molecule has 0 aromatic heterocycles. The average molecular weight is 810 g/mol. The summed E-state index contributed by atoms with van der Waals surface area (Å²) in [6.07, 6.45) is 0. The molecule has 0 heterocycles. The minimum absolute atomic E-state index is 0. The Balaban J connectivity index is 0. The van der Waals surface area contributed by atoms with E-state index in [0.717, 1.165) is 12.1 Å². The van der Waals surface area contributed by atoms with Crippen LogP contribution in [0.25, 0.3) is 16.5 Å². The quantitative estimate of drug-likeness (QED) is 0.0390. The van der Waals surface area contributed by atoms with Crippen molar-refractivity contribution in [2.75, 3.05) is 5.73 Å². The molecule has 0 spiro atoms. The Morgan fingerprint density at radius 2 is 1.59 bits per heavy atom. The number of aromatic hydroxyl groups is 1. The molecule has 0 aliphatic heterocycles. The summed E-state index contributed by atoms with van der Waals surface area (Å²) in [5, 5.41) is 44.5. The predicted octanol–water partition coefficient (Wildman–Crippen LogP) is -6.40. The number of phenolic OH excluding ortho intramolecular Hbond substituents is 1. The predicted molar refractivity (Wildman–Crippen MR) is 109 cm³/mol. The van der Waals surface area contributed by atoms with E-state index in [-0.39, 0.29) is 165 Å². The number of nitrogen functional groups attached to an aromatic ring is 1. The molecule has 37 heavy (non-hydrogen) atoms. The van der Waals surface area contributed by atoms with Gasteiger partial charge in [-0.05, 0) is 35.7 Å². The summed E-state index contributed by atoms with van der Waals surface area (Å²) in [6, 6.07) is 7.25. The van der Waals surface area contributed by atoms with E-state index in [0.29, 0.717) is 24.1 Å². The fourth-order valence-electron chi connectivity index (χ4n) is 2.71. The second-order valence-corrected chi connectivity index (χ2v) is 8.82. The van der Waals surface area contributed by atoms with Gasteiger partial charge in [0.2, 0.25) is 0 Å². The molecule has 179 valence electrons. The third-order valence-electron chi connectivity index (χ3n) is 3.96. The summed E-state index contributed by atoms with van der Waals surface area (Å²) < 4.78 is 44.1. The molecule has 0 fully saturated rings. The number of azo groups is 1. The molecule has 4 N–H and O–H groups in total. The standard InChI is InChI=1S/C16H13N4O10S3.Ac.3Na/c17-8-1-2-12(32-30-28-23)10(5-8)19-20-16-13(33(24,25)26)4-7-3-9(31-29-27-22)6-11(21)14(7)15(16)18;;;;/h1-6,17,22-23H,(H3,18,19,21)(H,24,25,26);;;;/q-1;;3*+1/p-3. The van der Waals surface area contributed by atoms with E-state index in [1.807, 2.05) is 0 Å². The van der Waals surface area contributed by atoms with Crippen molar-refractivity contribution in [3.05, 3.63) is 42.1 Å². The van der Waals surface area contributed by atoms with Gasteiger partial charge < -0.3 is 31.6 Å². The summed E-state index contributed by atoms with van der Waals surface area (Å²) in [5.41, 5.74) is 12.7. The maximum atomic E-state index is 11.9. The normalized spacial score (nSPS) is 10.8. The monoisotopic (exact) mass is 810 g/mol. The fraction of sp³-hybridized carbons (Fsp3) is 0. The van der Waals surface area contributed by atoms with E-state index in [4.69, 9.17) is 11.5 Å². The van der Waals surface area contributed by atoms with Crippen LogP contribution < -0.4 is 105 Å². The first-order valence-corrected chi connectivity index (χ1v) is 11.1. The molecule has 0 amide bonds. The van der Waals surface area contributed by atoms with Crippen molar-refractivity contribution in [2.45, 2.75) is 14.7 Å². The first-order valence-electron chi connectivity index (χ1n) is 8.24. The molecule has 3 aromatic carbocycles. The number of phenols is 1. The molecule has 0 unspecified atom stereocenters. The van der Waals surface area contributed by atoms with Crippen LogP contribution in [0.1, 0.15) is 0 Å². The average Bonchev–Trinajstić information content (AvgIpc) is 2.75. The molecular formula is C16H10AcN4Na3O10S3-. The second-order valence-electron chi connectivity index (χ2n) is 5.95. The first-order chi connectivity index (χ1) is 15.7. The number of nitrogens with zero attached hydrogens (tertiary/aromatic N) is 2. The van der Waals surface area contributed by atoms with Crippen molar-refractivity contribution >= 4 is 67.7 Å². The maximum Gasteiger partial charge on any atom is 1.00 e. The van der Waals surface area contributed by atoms with Crippen LogP contribution in [0.3, 0.4) is 0 Å². The SMILES string of the molecule is [Ac].[NH-]c1ccc(SOO[O-])c(N=Nc2c(S(=O)(=O)[O-])cc3cc(SOO[O-])cc(O)c3c2N)c1.[Na+].[Na+].[Na+]. The van der Waals surface area contributed by atoms with Crippen LogP contribution in [0.2, 0.25) is 0 Å². The molecule has 0 aliphatic rings. The summed E-state index contributed by atoms with van der Waals surface area (Å²) >= 11 is 0.869. The van der Waals surface area contributed by atoms with E-state index < -0.39 is 32.1 Å². The van der Waals surface area contributed by atoms with Crippen LogP contribution in [-0.4, -0.2) is 18.1 Å². The number of benzene rings is 3. The van der Waals surface area contributed by atoms with Gasteiger partial charge in [0.25, 0.3) is 0 Å². The molecule has 0 aliphatic carbocycles. The summed E-state index contributed by atoms with van der Waals surface area (Å²) in [7, 11) is -5.13. The van der Waals surface area contributed by atoms with E-state index in [2.05, 4.69) is 29.0 Å². The van der Waals surface area contributed by atoms with Gasteiger partial charge in [-0.3, -0.25) is 10.1 Å². The molecule has 1 radical (unpaired) electrons. The summed E-state index contributed by atoms with van der Waals surface area (Å²) in [6.45, 7) is 0. The van der Waals surface area contributed by atoms with Crippen LogP contribution in [0.5, 0.6) is 5.75 Å². The van der Waals surface area contributed by atoms with E-state index in [1.54, 1.807) is 0 Å². The first kappa shape index (κ1) is 40.9. The molecule has 0 saturated carbocycles. The third kappa shape index (κ3) is 11.1. The minimum Gasteiger partial charge on any atom is -0.744 e. The Kier molecular flexibility index (Phi) is 21.0. The van der Waals surface area contributed by atoms with E-state index >= 15 is 0 Å². The van der Waals surface area contributed by atoms with Crippen molar-refractivity contribution < 1.29 is 180 Å². The Morgan fingerprint density at radius 3 is 2.19 bits per heavy atom. The van der Waals surface area contributed by atoms with Gasteiger partial charge in [-0.15, -0.1) is 15.9 Å². The zero-order valence-corrected chi connectivity index (χ0v) is 32.6. The number of anilines is 1. The smallest absolute Gasteiger partial charge is 0.744 e. The van der Waals surface area contributed by atoms with Crippen LogP contribution in [-0.2, 0) is 28.9 Å². The fourth-order valence-corrected chi connectivity index (χ4v) is 4.22. The molecule has 0 atom stereocenters. The molecule has 0 bridgehead atoms. The Labute approximate surface area is 320 Å². The summed E-state index contributed by atoms with van der Waals surface area (Å²) in [4.78, 5) is -0.552. The Morgan fingerprint density at radius 1 is 0.973 bits per heavy atom. The number of nitrogens with two attached hydrogens (primary N) is 1. The molecular weight excluding hydrogens is 800 g/mol. The van der Waals surface area contributed by atoms with Crippen LogP contribution in [0.15, 0.2) is 61.3 Å². The van der Waals surface area contributed by atoms with Crippen LogP contribution in [0.4, 0.5) is 22.7 Å². The third-order valence-corrected chi connectivity index (χ3v) is 6.01. The minimum atomic E-state index is -5.13. The topological polar surface area (TPSA) is 235 Å². The van der Waals surface area contributed by atoms with Crippen molar-refractivity contribution in [1.82, 2.24) is 0 Å². The zero-order valence-electron chi connectivity index (χ0n) is 19.4. The number of hydrogen-bond acceptors (Lipinski definition) is 15. The Hall–Kier alpha value is 1.73. The van der Waals surface area contributed by atoms with Gasteiger partial charge >= 0.3 is 88.7 Å². The van der Waals surface area contributed by atoms with E-state index in [9.17, 15) is 28.6 Å².